The van der Waals surface area contributed by atoms with Crippen molar-refractivity contribution in [2.75, 3.05) is 0 Å². The Morgan fingerprint density at radius 3 is 0.607 bits per heavy atom. The minimum atomic E-state index is 1.15. The van der Waals surface area contributed by atoms with Gasteiger partial charge in [-0.1, -0.05) is 322 Å². The number of benzene rings is 18. The summed E-state index contributed by atoms with van der Waals surface area (Å²) in [5.74, 6) is 0. The van der Waals surface area contributed by atoms with Crippen LogP contribution in [0.4, 0.5) is 0 Å². The second kappa shape index (κ2) is 27.7. The molecule has 0 bridgehead atoms. The Bertz CT molecular complexity index is 7330. The number of hydrogen-bond acceptors (Lipinski definition) is 0. The summed E-state index contributed by atoms with van der Waals surface area (Å²) < 4.78 is 9.67. The molecule has 4 heteroatoms. The van der Waals surface area contributed by atoms with E-state index in [0.29, 0.717) is 0 Å². The number of hydrogen-bond donors (Lipinski definition) is 0. The largest absolute Gasteiger partial charge is 0.309 e. The van der Waals surface area contributed by atoms with Crippen molar-refractivity contribution in [2.45, 2.75) is 0 Å². The van der Waals surface area contributed by atoms with Crippen LogP contribution in [0, 0.1) is 0 Å². The Balaban J connectivity index is 0.000000141. The number of para-hydroxylation sites is 3. The minimum Gasteiger partial charge on any atom is -0.309 e. The van der Waals surface area contributed by atoms with E-state index in [-0.39, 0.29) is 0 Å². The Hall–Kier alpha value is -14.8. The van der Waals surface area contributed by atoms with Gasteiger partial charge in [0.2, 0.25) is 0 Å². The van der Waals surface area contributed by atoms with Crippen LogP contribution in [-0.4, -0.2) is 18.3 Å². The lowest BCUT2D eigenvalue weighted by molar-refractivity contribution is 1.18. The second-order valence-corrected chi connectivity index (χ2v) is 29.2. The topological polar surface area (TPSA) is 19.7 Å². The summed E-state index contributed by atoms with van der Waals surface area (Å²) in [4.78, 5) is 0. The molecule has 0 aliphatic rings. The zero-order valence-corrected chi connectivity index (χ0v) is 61.4. The fourth-order valence-corrected chi connectivity index (χ4v) is 17.3. The van der Waals surface area contributed by atoms with Gasteiger partial charge in [0.05, 0.1) is 44.1 Å². The van der Waals surface area contributed by atoms with E-state index in [1.807, 2.05) is 0 Å². The van der Waals surface area contributed by atoms with E-state index in [1.54, 1.807) is 0 Å². The molecule has 0 unspecified atom stereocenters. The van der Waals surface area contributed by atoms with Crippen molar-refractivity contribution in [3.8, 4) is 112 Å². The van der Waals surface area contributed by atoms with Gasteiger partial charge in [-0.25, -0.2) is 0 Å². The average molecular weight is 1430 g/mol. The maximum atomic E-state index is 2.44. The van der Waals surface area contributed by atoms with E-state index >= 15 is 0 Å². The molecule has 0 amide bonds. The molecular formula is C108H72N4. The summed E-state index contributed by atoms with van der Waals surface area (Å²) in [6.07, 6.45) is 0. The van der Waals surface area contributed by atoms with E-state index < -0.39 is 0 Å². The van der Waals surface area contributed by atoms with E-state index in [1.165, 1.54) is 176 Å². The first kappa shape index (κ1) is 65.5. The van der Waals surface area contributed by atoms with Crippen molar-refractivity contribution >= 4 is 87.2 Å². The van der Waals surface area contributed by atoms with Crippen molar-refractivity contribution in [1.82, 2.24) is 18.3 Å². The Morgan fingerprint density at radius 1 is 0.0982 bits per heavy atom. The van der Waals surface area contributed by atoms with E-state index in [0.717, 1.165) is 22.7 Å². The number of fused-ring (bicyclic) bond motifs is 12. The zero-order valence-electron chi connectivity index (χ0n) is 61.4. The summed E-state index contributed by atoms with van der Waals surface area (Å²) in [6.45, 7) is 0. The summed E-state index contributed by atoms with van der Waals surface area (Å²) >= 11 is 0. The van der Waals surface area contributed by atoms with E-state index in [4.69, 9.17) is 0 Å². The molecule has 0 aliphatic heterocycles. The van der Waals surface area contributed by atoms with Crippen LogP contribution in [-0.2, 0) is 0 Å². The first-order valence-corrected chi connectivity index (χ1v) is 38.5. The smallest absolute Gasteiger partial charge is 0.0547 e. The molecular weight excluding hydrogens is 1350 g/mol. The summed E-state index contributed by atoms with van der Waals surface area (Å²) in [5, 5.41) is 9.99. The minimum absolute atomic E-state index is 1.15. The van der Waals surface area contributed by atoms with Crippen LogP contribution in [0.5, 0.6) is 0 Å². The highest BCUT2D eigenvalue weighted by atomic mass is 15.0. The second-order valence-electron chi connectivity index (χ2n) is 29.2. The molecule has 4 aromatic heterocycles. The quantitative estimate of drug-likeness (QED) is 0.116. The van der Waals surface area contributed by atoms with Crippen molar-refractivity contribution in [3.63, 3.8) is 0 Å². The predicted molar refractivity (Wildman–Crippen MR) is 474 cm³/mol. The molecule has 22 aromatic rings. The lowest BCUT2D eigenvalue weighted by atomic mass is 9.98. The molecule has 112 heavy (non-hydrogen) atoms. The first-order valence-electron chi connectivity index (χ1n) is 38.5. The van der Waals surface area contributed by atoms with Crippen LogP contribution in [0.25, 0.3) is 199 Å². The molecule has 0 N–H and O–H groups in total. The molecule has 22 rings (SSSR count). The standard InChI is InChI=1S/2C54H36N2/c1-4-14-37(15-5-1)40-20-12-22-45(32-40)55-51-25-11-10-24-47(51)49-35-43(28-31-52(49)55)44-26-29-48-50-34-42(39-18-8-3-9-19-39)27-30-53(50)56(54(48)36-44)46-23-13-21-41(33-46)38-16-6-2-7-17-38;1-3-13-37(14-4-1)41-17-11-19-45(33-41)55-52-24-10-8-22-48(52)50-35-43(30-32-53(50)55)39-25-27-40(28-26-39)44-29-31-49-47-21-7-9-23-51(47)56(54(49)36-44)46-20-12-18-42(34-46)38-15-5-2-6-16-38/h2*1-36H. The van der Waals surface area contributed by atoms with Gasteiger partial charge in [-0.15, -0.1) is 0 Å². The van der Waals surface area contributed by atoms with Gasteiger partial charge in [-0.3, -0.25) is 0 Å². The van der Waals surface area contributed by atoms with Crippen LogP contribution in [0.15, 0.2) is 437 Å². The van der Waals surface area contributed by atoms with Crippen LogP contribution in [0.2, 0.25) is 0 Å². The highest BCUT2D eigenvalue weighted by Gasteiger charge is 2.21. The summed E-state index contributed by atoms with van der Waals surface area (Å²) in [6, 6.07) is 159. The van der Waals surface area contributed by atoms with Gasteiger partial charge in [0, 0.05) is 65.8 Å². The van der Waals surface area contributed by atoms with Crippen LogP contribution in [0.1, 0.15) is 0 Å². The molecule has 0 saturated carbocycles. The first-order chi connectivity index (χ1) is 55.5. The highest BCUT2D eigenvalue weighted by molar-refractivity contribution is 6.15. The van der Waals surface area contributed by atoms with E-state index in [2.05, 4.69) is 455 Å². The Morgan fingerprint density at radius 2 is 0.286 bits per heavy atom. The SMILES string of the molecule is c1ccc(-c2cccc(-n3c4ccccc4c4cc(-c5ccc(-c6ccc7c8ccccc8n(-c8cccc(-c9ccccc9)c8)c7c6)cc5)ccc43)c2)cc1.c1ccc(-c2cccc(-n3c4ccccc4c4cc(-c5ccc6c7cc(-c8ccccc8)ccc7n(-c7cccc(-c8ccccc8)c7)c6c5)ccc43)c2)cc1. The maximum Gasteiger partial charge on any atom is 0.0547 e. The van der Waals surface area contributed by atoms with Crippen LogP contribution < -0.4 is 0 Å². The van der Waals surface area contributed by atoms with Gasteiger partial charge in [-0.05, 0) is 204 Å². The van der Waals surface area contributed by atoms with Gasteiger partial charge in [-0.2, -0.15) is 0 Å². The Kier molecular flexibility index (Phi) is 16.2. The van der Waals surface area contributed by atoms with Gasteiger partial charge < -0.3 is 18.3 Å². The molecule has 0 saturated heterocycles. The average Bonchev–Trinajstić information content (AvgIpc) is 1.60. The van der Waals surface area contributed by atoms with Crippen molar-refractivity contribution < 1.29 is 0 Å². The molecule has 0 atom stereocenters. The van der Waals surface area contributed by atoms with Crippen LogP contribution >= 0.6 is 0 Å². The monoisotopic (exact) mass is 1420 g/mol. The third-order valence-electron chi connectivity index (χ3n) is 22.6. The van der Waals surface area contributed by atoms with Crippen molar-refractivity contribution in [1.29, 1.82) is 0 Å². The Labute approximate surface area is 649 Å². The third-order valence-corrected chi connectivity index (χ3v) is 22.6. The lowest BCUT2D eigenvalue weighted by Crippen LogP contribution is -1.95. The molecule has 0 radical (unpaired) electrons. The molecule has 0 spiro atoms. The predicted octanol–water partition coefficient (Wildman–Crippen LogP) is 29.1. The fourth-order valence-electron chi connectivity index (χ4n) is 17.3. The number of nitrogens with zero attached hydrogens (tertiary/aromatic N) is 4. The molecule has 0 aliphatic carbocycles. The normalized spacial score (nSPS) is 11.6. The maximum absolute atomic E-state index is 2.44. The molecule has 0 fully saturated rings. The number of rotatable bonds is 12. The van der Waals surface area contributed by atoms with Crippen molar-refractivity contribution in [2.24, 2.45) is 0 Å². The van der Waals surface area contributed by atoms with Gasteiger partial charge in [0.1, 0.15) is 0 Å². The summed E-state index contributed by atoms with van der Waals surface area (Å²) in [7, 11) is 0. The lowest BCUT2D eigenvalue weighted by Gasteiger charge is -2.12. The highest BCUT2D eigenvalue weighted by Crippen LogP contribution is 2.44. The van der Waals surface area contributed by atoms with E-state index in [9.17, 15) is 0 Å². The van der Waals surface area contributed by atoms with Gasteiger partial charge in [0.25, 0.3) is 0 Å². The van der Waals surface area contributed by atoms with Gasteiger partial charge >= 0.3 is 0 Å². The third kappa shape index (κ3) is 11.6. The fraction of sp³-hybridized carbons (Fsp3) is 0. The van der Waals surface area contributed by atoms with Crippen LogP contribution in [0.3, 0.4) is 0 Å². The zero-order chi connectivity index (χ0) is 74.0. The molecule has 524 valence electrons. The summed E-state index contributed by atoms with van der Waals surface area (Å²) in [5.41, 5.74) is 33.5. The van der Waals surface area contributed by atoms with Gasteiger partial charge in [0.15, 0.2) is 0 Å². The number of aromatic nitrogens is 4. The van der Waals surface area contributed by atoms with Crippen molar-refractivity contribution in [3.05, 3.63) is 437 Å². The molecule has 4 nitrogen and oxygen atoms in total. The molecule has 4 heterocycles. The molecule has 18 aromatic carbocycles.